The first-order valence-electron chi connectivity index (χ1n) is 5.04. The van der Waals surface area contributed by atoms with Crippen molar-refractivity contribution in [1.82, 2.24) is 0 Å². The Hall–Kier alpha value is -1.60. The molecule has 0 aliphatic heterocycles. The third-order valence-corrected chi connectivity index (χ3v) is 2.77. The van der Waals surface area contributed by atoms with Crippen molar-refractivity contribution in [3.05, 3.63) is 59.1 Å². The molecule has 0 aliphatic rings. The Balaban J connectivity index is 2.46. The van der Waals surface area contributed by atoms with Gasteiger partial charge in [-0.3, -0.25) is 4.79 Å². The highest BCUT2D eigenvalue weighted by atomic mass is 35.5. The van der Waals surface area contributed by atoms with Crippen LogP contribution in [0.5, 0.6) is 0 Å². The Morgan fingerprint density at radius 2 is 1.69 bits per heavy atom. The topological polar surface area (TPSA) is 17.1 Å². The molecule has 0 radical (unpaired) electrons. The Kier molecular flexibility index (Phi) is 3.07. The minimum Gasteiger partial charge on any atom is -0.294 e. The standard InChI is InChI=1S/C14H11ClO/c1-10(16)13-8-7-12(9-14(13)15)11-5-3-2-4-6-11/h2-9H,1H3. The molecule has 0 N–H and O–H groups in total. The van der Waals surface area contributed by atoms with Crippen LogP contribution in [0.3, 0.4) is 0 Å². The summed E-state index contributed by atoms with van der Waals surface area (Å²) in [5.74, 6) is -0.00962. The molecule has 16 heavy (non-hydrogen) atoms. The third kappa shape index (κ3) is 2.15. The molecular weight excluding hydrogens is 220 g/mol. The molecule has 0 aliphatic carbocycles. The van der Waals surface area contributed by atoms with Crippen LogP contribution < -0.4 is 0 Å². The molecule has 0 amide bonds. The molecule has 0 saturated carbocycles. The van der Waals surface area contributed by atoms with Gasteiger partial charge in [0.25, 0.3) is 0 Å². The summed E-state index contributed by atoms with van der Waals surface area (Å²) in [4.78, 5) is 11.2. The molecule has 2 heteroatoms. The van der Waals surface area contributed by atoms with Crippen LogP contribution >= 0.6 is 11.6 Å². The van der Waals surface area contributed by atoms with Gasteiger partial charge in [-0.1, -0.05) is 48.0 Å². The van der Waals surface area contributed by atoms with E-state index in [1.807, 2.05) is 42.5 Å². The van der Waals surface area contributed by atoms with E-state index in [0.29, 0.717) is 10.6 Å². The van der Waals surface area contributed by atoms with E-state index in [-0.39, 0.29) is 5.78 Å². The quantitative estimate of drug-likeness (QED) is 0.707. The number of halogens is 1. The molecule has 0 unspecified atom stereocenters. The van der Waals surface area contributed by atoms with Crippen molar-refractivity contribution in [1.29, 1.82) is 0 Å². The molecule has 2 aromatic carbocycles. The Morgan fingerprint density at radius 1 is 1.00 bits per heavy atom. The van der Waals surface area contributed by atoms with Crippen molar-refractivity contribution >= 4 is 17.4 Å². The zero-order chi connectivity index (χ0) is 11.5. The lowest BCUT2D eigenvalue weighted by Crippen LogP contribution is -1.93. The molecule has 0 aromatic heterocycles. The van der Waals surface area contributed by atoms with Crippen LogP contribution in [0.2, 0.25) is 5.02 Å². The van der Waals surface area contributed by atoms with Crippen LogP contribution in [0.4, 0.5) is 0 Å². The van der Waals surface area contributed by atoms with Crippen LogP contribution in [-0.4, -0.2) is 5.78 Å². The van der Waals surface area contributed by atoms with Gasteiger partial charge in [0, 0.05) is 5.56 Å². The number of rotatable bonds is 2. The van der Waals surface area contributed by atoms with E-state index in [2.05, 4.69) is 0 Å². The summed E-state index contributed by atoms with van der Waals surface area (Å²) in [6.07, 6.45) is 0. The largest absolute Gasteiger partial charge is 0.294 e. The number of benzene rings is 2. The number of Topliss-reactive ketones (excluding diaryl/α,β-unsaturated/α-hetero) is 1. The Bertz CT molecular complexity index is 518. The molecule has 2 rings (SSSR count). The highest BCUT2D eigenvalue weighted by Gasteiger charge is 2.06. The first-order chi connectivity index (χ1) is 7.68. The van der Waals surface area contributed by atoms with Gasteiger partial charge in [-0.25, -0.2) is 0 Å². The fourth-order valence-electron chi connectivity index (χ4n) is 1.61. The second kappa shape index (κ2) is 4.50. The van der Waals surface area contributed by atoms with Gasteiger partial charge in [0.05, 0.1) is 5.02 Å². The minimum atomic E-state index is -0.00962. The highest BCUT2D eigenvalue weighted by molar-refractivity contribution is 6.34. The van der Waals surface area contributed by atoms with Crippen molar-refractivity contribution in [3.8, 4) is 11.1 Å². The van der Waals surface area contributed by atoms with E-state index >= 15 is 0 Å². The number of hydrogen-bond donors (Lipinski definition) is 0. The highest BCUT2D eigenvalue weighted by Crippen LogP contribution is 2.25. The lowest BCUT2D eigenvalue weighted by Gasteiger charge is -2.04. The number of hydrogen-bond acceptors (Lipinski definition) is 1. The van der Waals surface area contributed by atoms with Gasteiger partial charge in [0.15, 0.2) is 5.78 Å². The molecule has 0 fully saturated rings. The van der Waals surface area contributed by atoms with E-state index < -0.39 is 0 Å². The van der Waals surface area contributed by atoms with Crippen LogP contribution in [-0.2, 0) is 0 Å². The van der Waals surface area contributed by atoms with Gasteiger partial charge in [-0.05, 0) is 30.2 Å². The van der Waals surface area contributed by atoms with E-state index in [1.165, 1.54) is 6.92 Å². The summed E-state index contributed by atoms with van der Waals surface area (Å²) >= 11 is 6.05. The van der Waals surface area contributed by atoms with Crippen molar-refractivity contribution in [2.24, 2.45) is 0 Å². The fourth-order valence-corrected chi connectivity index (χ4v) is 1.92. The van der Waals surface area contributed by atoms with Gasteiger partial charge in [-0.15, -0.1) is 0 Å². The van der Waals surface area contributed by atoms with Gasteiger partial charge < -0.3 is 0 Å². The predicted molar refractivity (Wildman–Crippen MR) is 66.9 cm³/mol. The first-order valence-corrected chi connectivity index (χ1v) is 5.42. The smallest absolute Gasteiger partial charge is 0.161 e. The van der Waals surface area contributed by atoms with Crippen LogP contribution in [0.1, 0.15) is 17.3 Å². The van der Waals surface area contributed by atoms with E-state index in [1.54, 1.807) is 6.07 Å². The summed E-state index contributed by atoms with van der Waals surface area (Å²) in [5, 5.41) is 0.508. The monoisotopic (exact) mass is 230 g/mol. The van der Waals surface area contributed by atoms with Crippen molar-refractivity contribution in [2.45, 2.75) is 6.92 Å². The zero-order valence-electron chi connectivity index (χ0n) is 8.91. The zero-order valence-corrected chi connectivity index (χ0v) is 9.66. The fraction of sp³-hybridized carbons (Fsp3) is 0.0714. The minimum absolute atomic E-state index is 0.00962. The Morgan fingerprint density at radius 3 is 2.25 bits per heavy atom. The molecule has 80 valence electrons. The lowest BCUT2D eigenvalue weighted by molar-refractivity contribution is 0.101. The average Bonchev–Trinajstić information content (AvgIpc) is 2.29. The molecule has 0 saturated heterocycles. The van der Waals surface area contributed by atoms with Crippen LogP contribution in [0, 0.1) is 0 Å². The molecule has 1 nitrogen and oxygen atoms in total. The van der Waals surface area contributed by atoms with Gasteiger partial charge >= 0.3 is 0 Å². The molecule has 2 aromatic rings. The SMILES string of the molecule is CC(=O)c1ccc(-c2ccccc2)cc1Cl. The number of carbonyl (C=O) groups is 1. The Labute approximate surface area is 99.7 Å². The second-order valence-electron chi connectivity index (χ2n) is 3.62. The predicted octanol–water partition coefficient (Wildman–Crippen LogP) is 4.21. The van der Waals surface area contributed by atoms with E-state index in [4.69, 9.17) is 11.6 Å². The summed E-state index contributed by atoms with van der Waals surface area (Å²) in [7, 11) is 0. The van der Waals surface area contributed by atoms with Gasteiger partial charge in [0.2, 0.25) is 0 Å². The molecule has 0 spiro atoms. The third-order valence-electron chi connectivity index (χ3n) is 2.46. The van der Waals surface area contributed by atoms with Crippen LogP contribution in [0.25, 0.3) is 11.1 Å². The molecule has 0 heterocycles. The summed E-state index contributed by atoms with van der Waals surface area (Å²) in [5.41, 5.74) is 2.69. The maximum absolute atomic E-state index is 11.2. The molecule has 0 atom stereocenters. The second-order valence-corrected chi connectivity index (χ2v) is 4.02. The number of ketones is 1. The number of carbonyl (C=O) groups excluding carboxylic acids is 1. The lowest BCUT2D eigenvalue weighted by atomic mass is 10.0. The van der Waals surface area contributed by atoms with Crippen molar-refractivity contribution in [2.75, 3.05) is 0 Å². The van der Waals surface area contributed by atoms with E-state index in [0.717, 1.165) is 11.1 Å². The van der Waals surface area contributed by atoms with E-state index in [9.17, 15) is 4.79 Å². The van der Waals surface area contributed by atoms with Crippen LogP contribution in [0.15, 0.2) is 48.5 Å². The summed E-state index contributed by atoms with van der Waals surface area (Å²) in [6.45, 7) is 1.52. The van der Waals surface area contributed by atoms with Gasteiger partial charge in [0.1, 0.15) is 0 Å². The normalized spacial score (nSPS) is 10.1. The van der Waals surface area contributed by atoms with Crippen molar-refractivity contribution in [3.63, 3.8) is 0 Å². The molecular formula is C14H11ClO. The van der Waals surface area contributed by atoms with Gasteiger partial charge in [-0.2, -0.15) is 0 Å². The first kappa shape index (κ1) is 10.9. The average molecular weight is 231 g/mol. The molecule has 0 bridgehead atoms. The maximum atomic E-state index is 11.2. The van der Waals surface area contributed by atoms with Crippen molar-refractivity contribution < 1.29 is 4.79 Å². The maximum Gasteiger partial charge on any atom is 0.161 e. The summed E-state index contributed by atoms with van der Waals surface area (Å²) in [6, 6.07) is 15.5. The summed E-state index contributed by atoms with van der Waals surface area (Å²) < 4.78 is 0.